The van der Waals surface area contributed by atoms with Crippen molar-refractivity contribution in [3.63, 3.8) is 0 Å². The van der Waals surface area contributed by atoms with Gasteiger partial charge in [-0.2, -0.15) is 11.8 Å². The molecule has 1 aliphatic carbocycles. The quantitative estimate of drug-likeness (QED) is 0.293. The van der Waals surface area contributed by atoms with E-state index in [1.807, 2.05) is 11.8 Å². The highest BCUT2D eigenvalue weighted by molar-refractivity contribution is 7.99. The van der Waals surface area contributed by atoms with Gasteiger partial charge in [-0.1, -0.05) is 6.92 Å². The average molecular weight is 230 g/mol. The lowest BCUT2D eigenvalue weighted by molar-refractivity contribution is 0.615. The van der Waals surface area contributed by atoms with Gasteiger partial charge in [-0.05, 0) is 31.9 Å². The molecule has 1 aliphatic rings. The Morgan fingerprint density at radius 3 is 2.87 bits per heavy atom. The summed E-state index contributed by atoms with van der Waals surface area (Å²) in [5.74, 6) is 6.15. The SMILES string of the molecule is CCCN=C(NN)NC1CCC(SC)C1. The summed E-state index contributed by atoms with van der Waals surface area (Å²) in [5.41, 5.74) is 2.63. The maximum Gasteiger partial charge on any atom is 0.205 e. The highest BCUT2D eigenvalue weighted by Crippen LogP contribution is 2.27. The third kappa shape index (κ3) is 4.30. The van der Waals surface area contributed by atoms with Crippen molar-refractivity contribution < 1.29 is 0 Å². The molecule has 1 fully saturated rings. The first-order valence-corrected chi connectivity index (χ1v) is 6.89. The number of nitrogens with one attached hydrogen (secondary N) is 2. The fourth-order valence-electron chi connectivity index (χ4n) is 1.84. The van der Waals surface area contributed by atoms with E-state index in [9.17, 15) is 0 Å². The molecule has 2 atom stereocenters. The van der Waals surface area contributed by atoms with Crippen LogP contribution in [-0.2, 0) is 0 Å². The van der Waals surface area contributed by atoms with Crippen LogP contribution in [0.5, 0.6) is 0 Å². The Morgan fingerprint density at radius 2 is 2.33 bits per heavy atom. The molecule has 4 nitrogen and oxygen atoms in total. The fraction of sp³-hybridized carbons (Fsp3) is 0.900. The van der Waals surface area contributed by atoms with Crippen LogP contribution in [0.2, 0.25) is 0 Å². The van der Waals surface area contributed by atoms with Crippen molar-refractivity contribution >= 4 is 17.7 Å². The van der Waals surface area contributed by atoms with Gasteiger partial charge >= 0.3 is 0 Å². The molecule has 0 aliphatic heterocycles. The lowest BCUT2D eigenvalue weighted by atomic mass is 10.2. The predicted molar refractivity (Wildman–Crippen MR) is 68.0 cm³/mol. The van der Waals surface area contributed by atoms with Crippen molar-refractivity contribution in [1.29, 1.82) is 0 Å². The third-order valence-corrected chi connectivity index (χ3v) is 3.78. The van der Waals surface area contributed by atoms with E-state index in [1.165, 1.54) is 19.3 Å². The molecule has 5 heteroatoms. The van der Waals surface area contributed by atoms with Gasteiger partial charge in [0.25, 0.3) is 0 Å². The lowest BCUT2D eigenvalue weighted by Crippen LogP contribution is -2.45. The normalized spacial score (nSPS) is 26.7. The third-order valence-electron chi connectivity index (χ3n) is 2.69. The zero-order chi connectivity index (χ0) is 11.1. The maximum absolute atomic E-state index is 5.41. The van der Waals surface area contributed by atoms with Crippen molar-refractivity contribution in [1.82, 2.24) is 10.7 Å². The van der Waals surface area contributed by atoms with Gasteiger partial charge in [0.2, 0.25) is 5.96 Å². The van der Waals surface area contributed by atoms with Crippen LogP contribution in [-0.4, -0.2) is 30.1 Å². The molecule has 0 radical (unpaired) electrons. The molecule has 88 valence electrons. The van der Waals surface area contributed by atoms with Gasteiger partial charge in [0.05, 0.1) is 0 Å². The highest BCUT2D eigenvalue weighted by atomic mass is 32.2. The van der Waals surface area contributed by atoms with Gasteiger partial charge in [-0.3, -0.25) is 10.4 Å². The Morgan fingerprint density at radius 1 is 1.53 bits per heavy atom. The van der Waals surface area contributed by atoms with E-state index in [1.54, 1.807) is 0 Å². The van der Waals surface area contributed by atoms with Gasteiger partial charge in [0, 0.05) is 17.8 Å². The molecule has 0 aromatic heterocycles. The molecule has 0 bridgehead atoms. The molecule has 2 unspecified atom stereocenters. The van der Waals surface area contributed by atoms with Gasteiger partial charge in [0.15, 0.2) is 0 Å². The van der Waals surface area contributed by atoms with E-state index < -0.39 is 0 Å². The predicted octanol–water partition coefficient (Wildman–Crippen LogP) is 1.09. The van der Waals surface area contributed by atoms with Crippen LogP contribution in [0.25, 0.3) is 0 Å². The van der Waals surface area contributed by atoms with E-state index >= 15 is 0 Å². The fourth-order valence-corrected chi connectivity index (χ4v) is 2.63. The number of aliphatic imine (C=N–C) groups is 1. The Balaban J connectivity index is 2.33. The number of thioether (sulfide) groups is 1. The second-order valence-electron chi connectivity index (χ2n) is 3.89. The zero-order valence-corrected chi connectivity index (χ0v) is 10.4. The summed E-state index contributed by atoms with van der Waals surface area (Å²) in [4.78, 5) is 4.34. The Kier molecular flexibility index (Phi) is 5.86. The minimum Gasteiger partial charge on any atom is -0.353 e. The monoisotopic (exact) mass is 230 g/mol. The Hall–Kier alpha value is -0.420. The minimum absolute atomic E-state index is 0.536. The lowest BCUT2D eigenvalue weighted by Gasteiger charge is -2.15. The maximum atomic E-state index is 5.41. The molecule has 0 saturated heterocycles. The van der Waals surface area contributed by atoms with Crippen LogP contribution >= 0.6 is 11.8 Å². The first kappa shape index (κ1) is 12.6. The Labute approximate surface area is 96.4 Å². The molecule has 0 aromatic carbocycles. The zero-order valence-electron chi connectivity index (χ0n) is 9.62. The summed E-state index contributed by atoms with van der Waals surface area (Å²) in [7, 11) is 0. The standard InChI is InChI=1S/C10H22N4S/c1-3-6-12-10(14-11)13-8-4-5-9(7-8)15-2/h8-9H,3-7,11H2,1-2H3,(H2,12,13,14). The molecule has 1 saturated carbocycles. The molecule has 1 rings (SSSR count). The smallest absolute Gasteiger partial charge is 0.205 e. The van der Waals surface area contributed by atoms with Crippen molar-refractivity contribution in [2.45, 2.75) is 43.9 Å². The van der Waals surface area contributed by atoms with E-state index in [0.717, 1.165) is 24.2 Å². The van der Waals surface area contributed by atoms with Crippen molar-refractivity contribution in [3.8, 4) is 0 Å². The van der Waals surface area contributed by atoms with Crippen LogP contribution < -0.4 is 16.6 Å². The molecule has 0 amide bonds. The highest BCUT2D eigenvalue weighted by Gasteiger charge is 2.24. The van der Waals surface area contributed by atoms with E-state index in [0.29, 0.717) is 6.04 Å². The van der Waals surface area contributed by atoms with E-state index in [-0.39, 0.29) is 0 Å². The summed E-state index contributed by atoms with van der Waals surface area (Å²) >= 11 is 1.96. The molecular formula is C10H22N4S. The van der Waals surface area contributed by atoms with Gasteiger partial charge in [0.1, 0.15) is 0 Å². The number of hydrazine groups is 1. The van der Waals surface area contributed by atoms with Crippen molar-refractivity contribution in [3.05, 3.63) is 0 Å². The average Bonchev–Trinajstić information content (AvgIpc) is 2.71. The second kappa shape index (κ2) is 6.95. The molecule has 0 heterocycles. The minimum atomic E-state index is 0.536. The first-order chi connectivity index (χ1) is 7.30. The summed E-state index contributed by atoms with van der Waals surface area (Å²) in [5, 5.41) is 4.16. The van der Waals surface area contributed by atoms with Crippen molar-refractivity contribution in [2.24, 2.45) is 10.8 Å². The van der Waals surface area contributed by atoms with Crippen LogP contribution in [0.15, 0.2) is 4.99 Å². The number of hydrogen-bond acceptors (Lipinski definition) is 3. The Bertz CT molecular complexity index is 208. The van der Waals surface area contributed by atoms with Crippen LogP contribution in [0.3, 0.4) is 0 Å². The summed E-state index contributed by atoms with van der Waals surface area (Å²) in [6, 6.07) is 0.536. The molecule has 15 heavy (non-hydrogen) atoms. The summed E-state index contributed by atoms with van der Waals surface area (Å²) in [6.45, 7) is 2.93. The summed E-state index contributed by atoms with van der Waals surface area (Å²) < 4.78 is 0. The number of guanidine groups is 1. The summed E-state index contributed by atoms with van der Waals surface area (Å²) in [6.07, 6.45) is 6.96. The van der Waals surface area contributed by atoms with Crippen LogP contribution in [0, 0.1) is 0 Å². The molecule has 0 spiro atoms. The molecule has 4 N–H and O–H groups in total. The second-order valence-corrected chi connectivity index (χ2v) is 5.02. The topological polar surface area (TPSA) is 62.4 Å². The number of rotatable bonds is 4. The number of hydrogen-bond donors (Lipinski definition) is 3. The number of nitrogens with two attached hydrogens (primary N) is 1. The first-order valence-electron chi connectivity index (χ1n) is 5.60. The van der Waals surface area contributed by atoms with Crippen LogP contribution in [0.1, 0.15) is 32.6 Å². The van der Waals surface area contributed by atoms with Crippen molar-refractivity contribution in [2.75, 3.05) is 12.8 Å². The van der Waals surface area contributed by atoms with Crippen LogP contribution in [0.4, 0.5) is 0 Å². The number of nitrogens with zero attached hydrogens (tertiary/aromatic N) is 1. The van der Waals surface area contributed by atoms with E-state index in [2.05, 4.69) is 28.9 Å². The van der Waals surface area contributed by atoms with Gasteiger partial charge in [-0.25, -0.2) is 5.84 Å². The molecule has 0 aromatic rings. The molecular weight excluding hydrogens is 208 g/mol. The van der Waals surface area contributed by atoms with E-state index in [4.69, 9.17) is 5.84 Å². The van der Waals surface area contributed by atoms with Gasteiger partial charge in [-0.15, -0.1) is 0 Å². The van der Waals surface area contributed by atoms with Gasteiger partial charge < -0.3 is 5.32 Å². The largest absolute Gasteiger partial charge is 0.353 e.